The standard InChI is InChI=1S/C19H20O2/c1-13-6-3-4-7-14(13)12-15-10-11-16-17(19(15)20)8-5-9-18(16)21-2/h3-9,15H,10-12H2,1-2H3. The normalized spacial score (nSPS) is 17.4. The lowest BCUT2D eigenvalue weighted by Gasteiger charge is -2.25. The molecule has 0 spiro atoms. The first-order valence-electron chi connectivity index (χ1n) is 7.45. The number of carbonyl (C=O) groups is 1. The summed E-state index contributed by atoms with van der Waals surface area (Å²) in [6, 6.07) is 14.1. The molecule has 0 bridgehead atoms. The molecule has 3 rings (SSSR count). The Morgan fingerprint density at radius 2 is 1.95 bits per heavy atom. The van der Waals surface area contributed by atoms with Crippen LogP contribution in [0.4, 0.5) is 0 Å². The fourth-order valence-electron chi connectivity index (χ4n) is 3.21. The van der Waals surface area contributed by atoms with Crippen LogP contribution in [0.3, 0.4) is 0 Å². The highest BCUT2D eigenvalue weighted by atomic mass is 16.5. The summed E-state index contributed by atoms with van der Waals surface area (Å²) in [6.07, 6.45) is 2.66. The molecule has 2 aromatic rings. The van der Waals surface area contributed by atoms with E-state index in [0.29, 0.717) is 0 Å². The molecule has 2 nitrogen and oxygen atoms in total. The molecule has 2 aromatic carbocycles. The zero-order valence-corrected chi connectivity index (χ0v) is 12.6. The minimum Gasteiger partial charge on any atom is -0.496 e. The number of hydrogen-bond acceptors (Lipinski definition) is 2. The first-order valence-corrected chi connectivity index (χ1v) is 7.45. The van der Waals surface area contributed by atoms with E-state index in [2.05, 4.69) is 19.1 Å². The smallest absolute Gasteiger partial charge is 0.166 e. The van der Waals surface area contributed by atoms with Crippen LogP contribution in [0.15, 0.2) is 42.5 Å². The first-order chi connectivity index (χ1) is 10.2. The molecule has 21 heavy (non-hydrogen) atoms. The fourth-order valence-corrected chi connectivity index (χ4v) is 3.21. The third-order valence-corrected chi connectivity index (χ3v) is 4.46. The van der Waals surface area contributed by atoms with Crippen molar-refractivity contribution < 1.29 is 9.53 Å². The average Bonchev–Trinajstić information content (AvgIpc) is 2.51. The van der Waals surface area contributed by atoms with Crippen LogP contribution >= 0.6 is 0 Å². The molecule has 108 valence electrons. The summed E-state index contributed by atoms with van der Waals surface area (Å²) in [5.41, 5.74) is 4.47. The lowest BCUT2D eigenvalue weighted by Crippen LogP contribution is -2.25. The third-order valence-electron chi connectivity index (χ3n) is 4.46. The van der Waals surface area contributed by atoms with Gasteiger partial charge in [0.1, 0.15) is 5.75 Å². The molecule has 0 aliphatic heterocycles. The molecule has 0 amide bonds. The van der Waals surface area contributed by atoms with Crippen LogP contribution in [0.5, 0.6) is 5.75 Å². The number of ketones is 1. The van der Waals surface area contributed by atoms with Crippen LogP contribution in [0.25, 0.3) is 0 Å². The Balaban J connectivity index is 1.88. The average molecular weight is 280 g/mol. The Labute approximate surface area is 125 Å². The summed E-state index contributed by atoms with van der Waals surface area (Å²) in [6.45, 7) is 2.11. The van der Waals surface area contributed by atoms with Crippen molar-refractivity contribution in [3.05, 3.63) is 64.7 Å². The molecule has 0 saturated carbocycles. The molecule has 0 heterocycles. The highest BCUT2D eigenvalue weighted by molar-refractivity contribution is 6.01. The van der Waals surface area contributed by atoms with Gasteiger partial charge < -0.3 is 4.74 Å². The van der Waals surface area contributed by atoms with Gasteiger partial charge in [0, 0.05) is 17.0 Å². The van der Waals surface area contributed by atoms with Crippen molar-refractivity contribution in [1.82, 2.24) is 0 Å². The summed E-state index contributed by atoms with van der Waals surface area (Å²) in [7, 11) is 1.67. The lowest BCUT2D eigenvalue weighted by molar-refractivity contribution is 0.0900. The van der Waals surface area contributed by atoms with Crippen molar-refractivity contribution in [3.8, 4) is 5.75 Å². The van der Waals surface area contributed by atoms with Gasteiger partial charge in [-0.25, -0.2) is 0 Å². The number of hydrogen-bond donors (Lipinski definition) is 0. The van der Waals surface area contributed by atoms with E-state index in [4.69, 9.17) is 4.74 Å². The van der Waals surface area contributed by atoms with Crippen molar-refractivity contribution in [2.45, 2.75) is 26.2 Å². The van der Waals surface area contributed by atoms with Gasteiger partial charge in [0.2, 0.25) is 0 Å². The highest BCUT2D eigenvalue weighted by Gasteiger charge is 2.29. The summed E-state index contributed by atoms with van der Waals surface area (Å²) in [4.78, 5) is 12.7. The maximum Gasteiger partial charge on any atom is 0.166 e. The van der Waals surface area contributed by atoms with E-state index in [-0.39, 0.29) is 11.7 Å². The van der Waals surface area contributed by atoms with Crippen molar-refractivity contribution in [2.24, 2.45) is 5.92 Å². The Morgan fingerprint density at radius 3 is 2.71 bits per heavy atom. The van der Waals surface area contributed by atoms with Gasteiger partial charge in [0.15, 0.2) is 5.78 Å². The molecule has 1 aliphatic rings. The molecule has 0 fully saturated rings. The van der Waals surface area contributed by atoms with Crippen molar-refractivity contribution >= 4 is 5.78 Å². The molecule has 2 heteroatoms. The zero-order chi connectivity index (χ0) is 14.8. The van der Waals surface area contributed by atoms with Gasteiger partial charge in [0.25, 0.3) is 0 Å². The van der Waals surface area contributed by atoms with E-state index < -0.39 is 0 Å². The largest absolute Gasteiger partial charge is 0.496 e. The topological polar surface area (TPSA) is 26.3 Å². The molecule has 1 aliphatic carbocycles. The SMILES string of the molecule is COc1cccc2c1CCC(Cc1ccccc1C)C2=O. The Hall–Kier alpha value is -2.09. The Kier molecular flexibility index (Phi) is 3.78. The van der Waals surface area contributed by atoms with Crippen molar-refractivity contribution in [2.75, 3.05) is 7.11 Å². The zero-order valence-electron chi connectivity index (χ0n) is 12.6. The van der Waals surface area contributed by atoms with Gasteiger partial charge in [-0.2, -0.15) is 0 Å². The van der Waals surface area contributed by atoms with Crippen LogP contribution in [0, 0.1) is 12.8 Å². The number of ether oxygens (including phenoxy) is 1. The fraction of sp³-hybridized carbons (Fsp3) is 0.316. The molecular formula is C19H20O2. The predicted molar refractivity (Wildman–Crippen MR) is 84.0 cm³/mol. The monoisotopic (exact) mass is 280 g/mol. The van der Waals surface area contributed by atoms with E-state index in [1.165, 1.54) is 11.1 Å². The maximum atomic E-state index is 12.7. The van der Waals surface area contributed by atoms with Crippen LogP contribution in [-0.2, 0) is 12.8 Å². The number of aryl methyl sites for hydroxylation is 1. The van der Waals surface area contributed by atoms with Crippen molar-refractivity contribution in [3.63, 3.8) is 0 Å². The van der Waals surface area contributed by atoms with E-state index in [1.54, 1.807) is 7.11 Å². The quantitative estimate of drug-likeness (QED) is 0.849. The molecule has 1 unspecified atom stereocenters. The minimum absolute atomic E-state index is 0.0886. The summed E-state index contributed by atoms with van der Waals surface area (Å²) in [5, 5.41) is 0. The van der Waals surface area contributed by atoms with Gasteiger partial charge in [-0.05, 0) is 43.4 Å². The van der Waals surface area contributed by atoms with Crippen LogP contribution in [0.1, 0.15) is 33.5 Å². The molecule has 0 N–H and O–H groups in total. The second kappa shape index (κ2) is 5.72. The van der Waals surface area contributed by atoms with E-state index >= 15 is 0 Å². The Bertz CT molecular complexity index is 673. The first kappa shape index (κ1) is 13.9. The van der Waals surface area contributed by atoms with E-state index in [1.807, 2.05) is 30.3 Å². The molecule has 0 aromatic heterocycles. The van der Waals surface area contributed by atoms with Gasteiger partial charge >= 0.3 is 0 Å². The van der Waals surface area contributed by atoms with Crippen LogP contribution in [-0.4, -0.2) is 12.9 Å². The number of benzene rings is 2. The second-order valence-corrected chi connectivity index (χ2v) is 5.72. The molecular weight excluding hydrogens is 260 g/mol. The summed E-state index contributed by atoms with van der Waals surface area (Å²) in [5.74, 6) is 1.19. The van der Waals surface area contributed by atoms with Crippen LogP contribution in [0.2, 0.25) is 0 Å². The van der Waals surface area contributed by atoms with Gasteiger partial charge in [-0.15, -0.1) is 0 Å². The van der Waals surface area contributed by atoms with Gasteiger partial charge in [-0.3, -0.25) is 4.79 Å². The molecule has 0 radical (unpaired) electrons. The number of rotatable bonds is 3. The van der Waals surface area contributed by atoms with Crippen molar-refractivity contribution in [1.29, 1.82) is 0 Å². The number of Topliss-reactive ketones (excluding diaryl/α,β-unsaturated/α-hetero) is 1. The van der Waals surface area contributed by atoms with Crippen LogP contribution < -0.4 is 4.74 Å². The summed E-state index contributed by atoms with van der Waals surface area (Å²) >= 11 is 0. The highest BCUT2D eigenvalue weighted by Crippen LogP contribution is 2.33. The number of carbonyl (C=O) groups excluding carboxylic acids is 1. The Morgan fingerprint density at radius 1 is 1.14 bits per heavy atom. The number of methoxy groups -OCH3 is 1. The molecule has 1 atom stereocenters. The van der Waals surface area contributed by atoms with Gasteiger partial charge in [-0.1, -0.05) is 36.4 Å². The predicted octanol–water partition coefficient (Wildman–Crippen LogP) is 3.99. The van der Waals surface area contributed by atoms with E-state index in [9.17, 15) is 4.79 Å². The van der Waals surface area contributed by atoms with Gasteiger partial charge in [0.05, 0.1) is 7.11 Å². The molecule has 0 saturated heterocycles. The minimum atomic E-state index is 0.0886. The van der Waals surface area contributed by atoms with E-state index in [0.717, 1.165) is 36.1 Å². The second-order valence-electron chi connectivity index (χ2n) is 5.72. The maximum absolute atomic E-state index is 12.7. The third kappa shape index (κ3) is 2.58. The summed E-state index contributed by atoms with van der Waals surface area (Å²) < 4.78 is 5.38. The lowest BCUT2D eigenvalue weighted by atomic mass is 9.79. The number of fused-ring (bicyclic) bond motifs is 1.